The first-order valence-corrected chi connectivity index (χ1v) is 10.7. The van der Waals surface area contributed by atoms with E-state index in [9.17, 15) is 4.79 Å². The number of carboxylic acid groups (broad SMARTS) is 1. The molecule has 0 aliphatic heterocycles. The van der Waals surface area contributed by atoms with Gasteiger partial charge in [0.15, 0.2) is 5.82 Å². The SMILES string of the molecule is O=C(O)COC[C@H]1CC[C@@H](c2cncc(N(c3ccccc3)c3ccccc3)n2)CC1. The fraction of sp³-hybridized carbons (Fsp3) is 0.320. The van der Waals surface area contributed by atoms with Gasteiger partial charge in [-0.1, -0.05) is 36.4 Å². The van der Waals surface area contributed by atoms with Crippen LogP contribution in [0, 0.1) is 5.92 Å². The topological polar surface area (TPSA) is 75.6 Å². The summed E-state index contributed by atoms with van der Waals surface area (Å²) in [7, 11) is 0. The van der Waals surface area contributed by atoms with Gasteiger partial charge in [-0.05, 0) is 55.9 Å². The van der Waals surface area contributed by atoms with Crippen LogP contribution >= 0.6 is 0 Å². The number of aliphatic carboxylic acids is 1. The maximum absolute atomic E-state index is 10.6. The third-order valence-corrected chi connectivity index (χ3v) is 5.74. The van der Waals surface area contributed by atoms with Crippen molar-refractivity contribution in [2.24, 2.45) is 5.92 Å². The van der Waals surface area contributed by atoms with Crippen LogP contribution in [0.5, 0.6) is 0 Å². The lowest BCUT2D eigenvalue weighted by Gasteiger charge is -2.29. The number of para-hydroxylation sites is 2. The molecule has 1 saturated carbocycles. The normalized spacial score (nSPS) is 18.5. The van der Waals surface area contributed by atoms with Gasteiger partial charge < -0.3 is 9.84 Å². The predicted octanol–water partition coefficient (Wildman–Crippen LogP) is 5.32. The average Bonchev–Trinajstić information content (AvgIpc) is 2.81. The van der Waals surface area contributed by atoms with Gasteiger partial charge in [0, 0.05) is 23.5 Å². The van der Waals surface area contributed by atoms with E-state index in [0.29, 0.717) is 18.4 Å². The van der Waals surface area contributed by atoms with Gasteiger partial charge in [0.1, 0.15) is 6.61 Å². The van der Waals surface area contributed by atoms with Crippen molar-refractivity contribution >= 4 is 23.2 Å². The van der Waals surface area contributed by atoms with Crippen molar-refractivity contribution in [3.63, 3.8) is 0 Å². The first-order chi connectivity index (χ1) is 15.2. The first-order valence-electron chi connectivity index (χ1n) is 10.7. The molecular formula is C25H27N3O3. The molecule has 0 unspecified atom stereocenters. The highest BCUT2D eigenvalue weighted by Gasteiger charge is 2.25. The smallest absolute Gasteiger partial charge is 0.329 e. The van der Waals surface area contributed by atoms with E-state index in [0.717, 1.165) is 48.6 Å². The Kier molecular flexibility index (Phi) is 6.89. The summed E-state index contributed by atoms with van der Waals surface area (Å²) >= 11 is 0. The van der Waals surface area contributed by atoms with Crippen LogP contribution in [0.4, 0.5) is 17.2 Å². The highest BCUT2D eigenvalue weighted by Crippen LogP contribution is 2.37. The van der Waals surface area contributed by atoms with Crippen LogP contribution in [-0.4, -0.2) is 34.3 Å². The van der Waals surface area contributed by atoms with Crippen LogP contribution in [0.25, 0.3) is 0 Å². The minimum Gasteiger partial charge on any atom is -0.480 e. The molecule has 1 N–H and O–H groups in total. The molecule has 3 aromatic rings. The zero-order chi connectivity index (χ0) is 21.5. The third kappa shape index (κ3) is 5.47. The molecule has 1 aromatic heterocycles. The lowest BCUT2D eigenvalue weighted by atomic mass is 9.81. The highest BCUT2D eigenvalue weighted by atomic mass is 16.5. The second kappa shape index (κ2) is 10.2. The maximum atomic E-state index is 10.6. The summed E-state index contributed by atoms with van der Waals surface area (Å²) in [6.07, 6.45) is 7.73. The zero-order valence-corrected chi connectivity index (χ0v) is 17.4. The second-order valence-electron chi connectivity index (χ2n) is 7.94. The zero-order valence-electron chi connectivity index (χ0n) is 17.4. The standard InChI is InChI=1S/C25H27N3O3/c29-25(30)18-31-17-19-11-13-20(14-12-19)23-15-26-16-24(27-23)28(21-7-3-1-4-8-21)22-9-5-2-6-10-22/h1-10,15-16,19-20H,11-14,17-18H2,(H,29,30)/t19-,20+. The van der Waals surface area contributed by atoms with E-state index in [1.807, 2.05) is 48.8 Å². The average molecular weight is 418 g/mol. The van der Waals surface area contributed by atoms with Gasteiger partial charge in [-0.25, -0.2) is 9.78 Å². The fourth-order valence-electron chi connectivity index (χ4n) is 4.18. The largest absolute Gasteiger partial charge is 0.480 e. The maximum Gasteiger partial charge on any atom is 0.329 e. The molecule has 0 bridgehead atoms. The Bertz CT molecular complexity index is 934. The molecule has 6 heteroatoms. The van der Waals surface area contributed by atoms with E-state index < -0.39 is 5.97 Å². The van der Waals surface area contributed by atoms with Crippen molar-refractivity contribution in [3.8, 4) is 0 Å². The molecule has 6 nitrogen and oxygen atoms in total. The van der Waals surface area contributed by atoms with Crippen LogP contribution in [0.3, 0.4) is 0 Å². The molecule has 1 aliphatic carbocycles. The molecule has 1 heterocycles. The van der Waals surface area contributed by atoms with E-state index >= 15 is 0 Å². The summed E-state index contributed by atoms with van der Waals surface area (Å²) < 4.78 is 5.29. The molecule has 31 heavy (non-hydrogen) atoms. The molecule has 0 radical (unpaired) electrons. The molecule has 0 atom stereocenters. The minimum absolute atomic E-state index is 0.220. The number of benzene rings is 2. The van der Waals surface area contributed by atoms with Crippen LogP contribution in [-0.2, 0) is 9.53 Å². The number of aromatic nitrogens is 2. The molecule has 0 saturated heterocycles. The van der Waals surface area contributed by atoms with Crippen molar-refractivity contribution < 1.29 is 14.6 Å². The first kappa shape index (κ1) is 21.0. The Balaban J connectivity index is 1.50. The summed E-state index contributed by atoms with van der Waals surface area (Å²) in [4.78, 5) is 22.3. The summed E-state index contributed by atoms with van der Waals surface area (Å²) in [5, 5.41) is 8.72. The molecule has 0 spiro atoms. The predicted molar refractivity (Wildman–Crippen MR) is 120 cm³/mol. The number of carbonyl (C=O) groups is 1. The molecule has 1 aliphatic rings. The van der Waals surface area contributed by atoms with E-state index in [1.54, 1.807) is 0 Å². The third-order valence-electron chi connectivity index (χ3n) is 5.74. The number of hydrogen-bond acceptors (Lipinski definition) is 5. The summed E-state index contributed by atoms with van der Waals surface area (Å²) in [5.74, 6) is 0.664. The van der Waals surface area contributed by atoms with Crippen LogP contribution in [0.15, 0.2) is 73.1 Å². The van der Waals surface area contributed by atoms with Gasteiger partial charge in [-0.2, -0.15) is 0 Å². The monoisotopic (exact) mass is 417 g/mol. The number of ether oxygens (including phenoxy) is 1. The number of rotatable bonds is 8. The Labute approximate surface area is 182 Å². The number of anilines is 3. The minimum atomic E-state index is -0.915. The van der Waals surface area contributed by atoms with Crippen molar-refractivity contribution in [2.75, 3.05) is 18.1 Å². The van der Waals surface area contributed by atoms with Crippen LogP contribution < -0.4 is 4.90 Å². The van der Waals surface area contributed by atoms with Gasteiger partial charge >= 0.3 is 5.97 Å². The van der Waals surface area contributed by atoms with Crippen molar-refractivity contribution in [1.82, 2.24) is 9.97 Å². The molecule has 2 aromatic carbocycles. The molecule has 160 valence electrons. The van der Waals surface area contributed by atoms with E-state index in [-0.39, 0.29) is 6.61 Å². The second-order valence-corrected chi connectivity index (χ2v) is 7.94. The summed E-state index contributed by atoms with van der Waals surface area (Å²) in [6, 6.07) is 20.4. The van der Waals surface area contributed by atoms with Crippen molar-refractivity contribution in [2.45, 2.75) is 31.6 Å². The lowest BCUT2D eigenvalue weighted by Crippen LogP contribution is -2.21. The molecule has 4 rings (SSSR count). The summed E-state index contributed by atoms with van der Waals surface area (Å²) in [6.45, 7) is 0.294. The Morgan fingerprint density at radius 1 is 0.935 bits per heavy atom. The molecule has 1 fully saturated rings. The van der Waals surface area contributed by atoms with E-state index in [4.69, 9.17) is 14.8 Å². The van der Waals surface area contributed by atoms with Gasteiger partial charge in [-0.3, -0.25) is 9.88 Å². The summed E-state index contributed by atoms with van der Waals surface area (Å²) in [5.41, 5.74) is 3.10. The molecule has 0 amide bonds. The number of carboxylic acids is 1. The van der Waals surface area contributed by atoms with Crippen molar-refractivity contribution in [3.05, 3.63) is 78.8 Å². The molecular weight excluding hydrogens is 390 g/mol. The lowest BCUT2D eigenvalue weighted by molar-refractivity contribution is -0.142. The van der Waals surface area contributed by atoms with E-state index in [1.165, 1.54) is 0 Å². The Morgan fingerprint density at radius 3 is 2.13 bits per heavy atom. The number of hydrogen-bond donors (Lipinski definition) is 1. The highest BCUT2D eigenvalue weighted by molar-refractivity contribution is 5.73. The quantitative estimate of drug-likeness (QED) is 0.534. The Hall–Kier alpha value is -3.25. The van der Waals surface area contributed by atoms with Crippen LogP contribution in [0.1, 0.15) is 37.3 Å². The number of nitrogens with zero attached hydrogens (tertiary/aromatic N) is 3. The van der Waals surface area contributed by atoms with E-state index in [2.05, 4.69) is 34.1 Å². The van der Waals surface area contributed by atoms with Gasteiger partial charge in [-0.15, -0.1) is 0 Å². The Morgan fingerprint density at radius 2 is 1.55 bits per heavy atom. The van der Waals surface area contributed by atoms with Crippen LogP contribution in [0.2, 0.25) is 0 Å². The van der Waals surface area contributed by atoms with Gasteiger partial charge in [0.2, 0.25) is 0 Å². The van der Waals surface area contributed by atoms with Gasteiger partial charge in [0.05, 0.1) is 18.5 Å². The fourth-order valence-corrected chi connectivity index (χ4v) is 4.18. The van der Waals surface area contributed by atoms with Crippen molar-refractivity contribution in [1.29, 1.82) is 0 Å². The van der Waals surface area contributed by atoms with Gasteiger partial charge in [0.25, 0.3) is 0 Å².